The first-order valence-corrected chi connectivity index (χ1v) is 9.61. The van der Waals surface area contributed by atoms with Crippen LogP contribution in [-0.2, 0) is 6.54 Å². The molecule has 2 aromatic heterocycles. The summed E-state index contributed by atoms with van der Waals surface area (Å²) in [5.41, 5.74) is 15.6. The van der Waals surface area contributed by atoms with Crippen molar-refractivity contribution in [1.29, 1.82) is 0 Å². The topological polar surface area (TPSA) is 87.1 Å². The van der Waals surface area contributed by atoms with E-state index in [9.17, 15) is 4.39 Å². The Kier molecular flexibility index (Phi) is 4.26. The van der Waals surface area contributed by atoms with Gasteiger partial charge in [-0.3, -0.25) is 0 Å². The van der Waals surface area contributed by atoms with Crippen molar-refractivity contribution in [3.63, 3.8) is 0 Å². The lowest BCUT2D eigenvalue weighted by atomic mass is 10.0. The molecular weight excluding hydrogens is 391 g/mol. The normalized spacial score (nSPS) is 11.1. The molecule has 7 heteroatoms. The van der Waals surface area contributed by atoms with Crippen LogP contribution in [0.1, 0.15) is 5.56 Å². The second kappa shape index (κ2) is 7.11. The average molecular weight is 408 g/mol. The minimum Gasteiger partial charge on any atom is -0.383 e. The van der Waals surface area contributed by atoms with Crippen molar-refractivity contribution in [2.45, 2.75) is 6.54 Å². The molecule has 0 aliphatic carbocycles. The zero-order valence-electron chi connectivity index (χ0n) is 16.4. The molecule has 0 saturated carbocycles. The maximum atomic E-state index is 14.9. The summed E-state index contributed by atoms with van der Waals surface area (Å²) in [6.07, 6.45) is 1.93. The van der Waals surface area contributed by atoms with E-state index in [1.807, 2.05) is 35.0 Å². The van der Waals surface area contributed by atoms with E-state index in [0.717, 1.165) is 21.9 Å². The SMILES string of the molecule is [C-]#[N+]c1ccccc1-c1ccc(Cn2ccc3c4nc(N)nc(N)c4ccc32)cc1F. The van der Waals surface area contributed by atoms with Crippen molar-refractivity contribution in [3.8, 4) is 11.1 Å². The lowest BCUT2D eigenvalue weighted by molar-refractivity contribution is 0.627. The van der Waals surface area contributed by atoms with Gasteiger partial charge in [0.05, 0.1) is 17.6 Å². The Hall–Kier alpha value is -4.44. The minimum atomic E-state index is -0.358. The molecule has 31 heavy (non-hydrogen) atoms. The third-order valence-corrected chi connectivity index (χ3v) is 5.36. The predicted octanol–water partition coefficient (Wildman–Crippen LogP) is 5.15. The summed E-state index contributed by atoms with van der Waals surface area (Å²) in [4.78, 5) is 11.9. The molecule has 150 valence electrons. The van der Waals surface area contributed by atoms with Crippen molar-refractivity contribution in [2.75, 3.05) is 11.5 Å². The predicted molar refractivity (Wildman–Crippen MR) is 121 cm³/mol. The molecule has 0 radical (unpaired) electrons. The van der Waals surface area contributed by atoms with Gasteiger partial charge in [0, 0.05) is 29.1 Å². The number of benzene rings is 3. The number of hydrogen-bond acceptors (Lipinski definition) is 4. The Morgan fingerprint density at radius 3 is 2.58 bits per heavy atom. The van der Waals surface area contributed by atoms with E-state index in [-0.39, 0.29) is 11.8 Å². The molecule has 0 atom stereocenters. The van der Waals surface area contributed by atoms with Crippen LogP contribution in [0.4, 0.5) is 21.8 Å². The maximum absolute atomic E-state index is 14.9. The fraction of sp³-hybridized carbons (Fsp3) is 0.0417. The molecule has 0 aliphatic rings. The molecule has 0 bridgehead atoms. The number of nitrogens with two attached hydrogens (primary N) is 2. The third-order valence-electron chi connectivity index (χ3n) is 5.36. The van der Waals surface area contributed by atoms with E-state index in [1.165, 1.54) is 6.07 Å². The van der Waals surface area contributed by atoms with Crippen LogP contribution in [-0.4, -0.2) is 14.5 Å². The molecule has 0 fully saturated rings. The summed E-state index contributed by atoms with van der Waals surface area (Å²) in [6.45, 7) is 7.79. The summed E-state index contributed by atoms with van der Waals surface area (Å²) in [5, 5.41) is 1.65. The lowest BCUT2D eigenvalue weighted by Crippen LogP contribution is -2.01. The first-order chi connectivity index (χ1) is 15.0. The van der Waals surface area contributed by atoms with E-state index in [1.54, 1.807) is 30.3 Å². The highest BCUT2D eigenvalue weighted by atomic mass is 19.1. The number of para-hydroxylation sites is 1. The van der Waals surface area contributed by atoms with E-state index in [4.69, 9.17) is 18.0 Å². The van der Waals surface area contributed by atoms with Crippen LogP contribution in [0.25, 0.3) is 37.8 Å². The fourth-order valence-corrected chi connectivity index (χ4v) is 3.92. The number of rotatable bonds is 3. The van der Waals surface area contributed by atoms with Crippen LogP contribution in [0.15, 0.2) is 66.9 Å². The summed E-state index contributed by atoms with van der Waals surface area (Å²) in [5.74, 6) is 0.112. The summed E-state index contributed by atoms with van der Waals surface area (Å²) in [7, 11) is 0. The Balaban J connectivity index is 1.54. The van der Waals surface area contributed by atoms with Gasteiger partial charge in [-0.05, 0) is 35.4 Å². The van der Waals surface area contributed by atoms with Gasteiger partial charge in [0.15, 0.2) is 5.69 Å². The fourth-order valence-electron chi connectivity index (χ4n) is 3.92. The monoisotopic (exact) mass is 408 g/mol. The summed E-state index contributed by atoms with van der Waals surface area (Å²) in [6, 6.07) is 17.9. The number of halogens is 1. The highest BCUT2D eigenvalue weighted by Crippen LogP contribution is 2.33. The van der Waals surface area contributed by atoms with Crippen molar-refractivity contribution in [1.82, 2.24) is 14.5 Å². The average Bonchev–Trinajstić information content (AvgIpc) is 3.17. The van der Waals surface area contributed by atoms with Gasteiger partial charge in [-0.15, -0.1) is 0 Å². The van der Waals surface area contributed by atoms with E-state index < -0.39 is 0 Å². The molecule has 5 aromatic rings. The number of fused-ring (bicyclic) bond motifs is 3. The van der Waals surface area contributed by atoms with Gasteiger partial charge >= 0.3 is 0 Å². The largest absolute Gasteiger partial charge is 0.383 e. The third kappa shape index (κ3) is 3.11. The zero-order chi connectivity index (χ0) is 21.5. The molecule has 0 aliphatic heterocycles. The van der Waals surface area contributed by atoms with Crippen LogP contribution >= 0.6 is 0 Å². The highest BCUT2D eigenvalue weighted by Gasteiger charge is 2.13. The summed E-state index contributed by atoms with van der Waals surface area (Å²) >= 11 is 0. The Bertz CT molecular complexity index is 1510. The molecule has 0 saturated heterocycles. The second-order valence-electron chi connectivity index (χ2n) is 7.25. The molecule has 0 amide bonds. The molecule has 4 N–H and O–H groups in total. The van der Waals surface area contributed by atoms with Gasteiger partial charge in [-0.25, -0.2) is 14.2 Å². The van der Waals surface area contributed by atoms with Gasteiger partial charge in [-0.2, -0.15) is 4.98 Å². The number of aromatic nitrogens is 3. The molecular formula is C24H17FN6. The quantitative estimate of drug-likeness (QED) is 0.404. The van der Waals surface area contributed by atoms with E-state index >= 15 is 0 Å². The lowest BCUT2D eigenvalue weighted by Gasteiger charge is -2.10. The van der Waals surface area contributed by atoms with Gasteiger partial charge in [0.1, 0.15) is 11.6 Å². The van der Waals surface area contributed by atoms with Crippen LogP contribution in [0.3, 0.4) is 0 Å². The highest BCUT2D eigenvalue weighted by molar-refractivity contribution is 6.07. The van der Waals surface area contributed by atoms with Crippen molar-refractivity contribution in [2.24, 2.45) is 0 Å². The molecule has 0 unspecified atom stereocenters. The van der Waals surface area contributed by atoms with Gasteiger partial charge in [0.25, 0.3) is 0 Å². The second-order valence-corrected chi connectivity index (χ2v) is 7.25. The molecule has 5 rings (SSSR count). The Morgan fingerprint density at radius 2 is 1.77 bits per heavy atom. The van der Waals surface area contributed by atoms with Gasteiger partial charge in [-0.1, -0.05) is 36.4 Å². The van der Waals surface area contributed by atoms with Gasteiger partial charge in [0.2, 0.25) is 5.95 Å². The van der Waals surface area contributed by atoms with Crippen LogP contribution < -0.4 is 11.5 Å². The van der Waals surface area contributed by atoms with Crippen LogP contribution in [0.2, 0.25) is 0 Å². The Morgan fingerprint density at radius 1 is 0.935 bits per heavy atom. The van der Waals surface area contributed by atoms with Crippen LogP contribution in [0, 0.1) is 12.4 Å². The summed E-state index contributed by atoms with van der Waals surface area (Å²) < 4.78 is 17.0. The van der Waals surface area contributed by atoms with Crippen molar-refractivity contribution in [3.05, 3.63) is 89.7 Å². The van der Waals surface area contributed by atoms with Crippen molar-refractivity contribution >= 4 is 39.3 Å². The van der Waals surface area contributed by atoms with E-state index in [0.29, 0.717) is 34.7 Å². The first-order valence-electron chi connectivity index (χ1n) is 9.61. The number of nitrogens with zero attached hydrogens (tertiary/aromatic N) is 4. The minimum absolute atomic E-state index is 0.127. The molecule has 3 aromatic carbocycles. The number of anilines is 2. The zero-order valence-corrected chi connectivity index (χ0v) is 16.4. The molecule has 0 spiro atoms. The molecule has 6 nitrogen and oxygen atoms in total. The van der Waals surface area contributed by atoms with Crippen molar-refractivity contribution < 1.29 is 4.39 Å². The van der Waals surface area contributed by atoms with Crippen LogP contribution in [0.5, 0.6) is 0 Å². The molecule has 2 heterocycles. The van der Waals surface area contributed by atoms with Gasteiger partial charge < -0.3 is 16.0 Å². The number of nitrogen functional groups attached to an aromatic ring is 2. The van der Waals surface area contributed by atoms with E-state index in [2.05, 4.69) is 14.8 Å². The maximum Gasteiger partial charge on any atom is 0.222 e. The first kappa shape index (κ1) is 18.6. The standard InChI is InChI=1S/C24H17FN6/c1-28-20-5-3-2-4-16(20)15-7-6-14(12-19(15)25)13-31-11-10-17-21(31)9-8-18-22(17)29-24(27)30-23(18)26/h2-12H,13H2,(H4,26,27,29,30). The number of hydrogen-bond donors (Lipinski definition) is 2. The smallest absolute Gasteiger partial charge is 0.222 e. The Labute approximate surface area is 177 Å².